The standard InChI is InChI=1S/C30H31BrN6O4/c1-2-17-30(29(39)36-33-18-16-21-8-12-23(31)13-9-21)27(25-6-3-4-7-26(25)35-37-32)41-28(34-30)22-10-14-24(15-11-22)40-20-5-19-38/h2-4,6-15,27,33,38H,1,5,16-20H2,(H,36,39)/t27-,30-/m0/s1. The zero-order chi connectivity index (χ0) is 29.1. The van der Waals surface area contributed by atoms with Gasteiger partial charge in [0, 0.05) is 52.2 Å². The van der Waals surface area contributed by atoms with Crippen LogP contribution in [0.15, 0.2) is 100 Å². The van der Waals surface area contributed by atoms with Gasteiger partial charge in [-0.05, 0) is 53.9 Å². The van der Waals surface area contributed by atoms with Crippen molar-refractivity contribution in [3.63, 3.8) is 0 Å². The van der Waals surface area contributed by atoms with Crippen LogP contribution in [0.2, 0.25) is 0 Å². The van der Waals surface area contributed by atoms with Gasteiger partial charge in [0.05, 0.1) is 6.61 Å². The number of carbonyl (C=O) groups excluding carboxylic acids is 1. The molecule has 0 radical (unpaired) electrons. The molecule has 2 atom stereocenters. The van der Waals surface area contributed by atoms with Gasteiger partial charge in [0.2, 0.25) is 5.90 Å². The van der Waals surface area contributed by atoms with Crippen molar-refractivity contribution in [1.82, 2.24) is 10.9 Å². The second-order valence-electron chi connectivity index (χ2n) is 9.29. The van der Waals surface area contributed by atoms with Gasteiger partial charge in [0.15, 0.2) is 11.6 Å². The van der Waals surface area contributed by atoms with Crippen LogP contribution in [-0.2, 0) is 16.0 Å². The van der Waals surface area contributed by atoms with E-state index in [0.29, 0.717) is 48.6 Å². The highest BCUT2D eigenvalue weighted by molar-refractivity contribution is 9.10. The van der Waals surface area contributed by atoms with Crippen molar-refractivity contribution in [2.24, 2.45) is 10.1 Å². The number of amides is 1. The number of aliphatic hydroxyl groups excluding tert-OH is 1. The number of ether oxygens (including phenoxy) is 2. The number of nitrogens with zero attached hydrogens (tertiary/aromatic N) is 4. The molecule has 1 heterocycles. The highest BCUT2D eigenvalue weighted by Gasteiger charge is 2.53. The molecule has 4 rings (SSSR count). The third kappa shape index (κ3) is 7.33. The SMILES string of the molecule is C=CC[C@]1(C(=O)NNCCc2ccc(Br)cc2)N=C(c2ccc(OCCCO)cc2)O[C@H]1c1ccccc1N=[N+]=[N-]. The molecule has 0 unspecified atom stereocenters. The summed E-state index contributed by atoms with van der Waals surface area (Å²) in [5, 5.41) is 12.8. The smallest absolute Gasteiger partial charge is 0.266 e. The molecule has 0 fully saturated rings. The zero-order valence-electron chi connectivity index (χ0n) is 22.4. The van der Waals surface area contributed by atoms with E-state index in [2.05, 4.69) is 43.4 Å². The highest BCUT2D eigenvalue weighted by Crippen LogP contribution is 2.45. The lowest BCUT2D eigenvalue weighted by Crippen LogP contribution is -2.52. The summed E-state index contributed by atoms with van der Waals surface area (Å²) < 4.78 is 13.0. The molecule has 0 spiro atoms. The van der Waals surface area contributed by atoms with Crippen molar-refractivity contribution in [2.75, 3.05) is 19.8 Å². The Hall–Kier alpha value is -4.15. The number of hydrazine groups is 1. The number of benzene rings is 3. The van der Waals surface area contributed by atoms with Crippen molar-refractivity contribution >= 4 is 33.4 Å². The first-order valence-electron chi connectivity index (χ1n) is 13.1. The number of hydrogen-bond donors (Lipinski definition) is 3. The Morgan fingerprint density at radius 3 is 2.66 bits per heavy atom. The van der Waals surface area contributed by atoms with Crippen molar-refractivity contribution in [3.05, 3.63) is 117 Å². The average Bonchev–Trinajstić information content (AvgIpc) is 3.37. The van der Waals surface area contributed by atoms with E-state index in [1.807, 2.05) is 24.3 Å². The van der Waals surface area contributed by atoms with Crippen LogP contribution < -0.4 is 15.6 Å². The van der Waals surface area contributed by atoms with Gasteiger partial charge in [0.1, 0.15) is 5.75 Å². The number of aliphatic hydroxyl groups is 1. The molecule has 1 aliphatic heterocycles. The first-order chi connectivity index (χ1) is 20.0. The van der Waals surface area contributed by atoms with Gasteiger partial charge in [-0.25, -0.2) is 10.4 Å². The van der Waals surface area contributed by atoms with Crippen LogP contribution in [0.3, 0.4) is 0 Å². The second-order valence-corrected chi connectivity index (χ2v) is 10.2. The zero-order valence-corrected chi connectivity index (χ0v) is 24.0. The summed E-state index contributed by atoms with van der Waals surface area (Å²) in [6.45, 7) is 4.82. The van der Waals surface area contributed by atoms with E-state index in [1.165, 1.54) is 0 Å². The molecule has 10 nitrogen and oxygen atoms in total. The van der Waals surface area contributed by atoms with E-state index >= 15 is 0 Å². The van der Waals surface area contributed by atoms with Crippen LogP contribution in [0.5, 0.6) is 5.75 Å². The van der Waals surface area contributed by atoms with Gasteiger partial charge in [-0.3, -0.25) is 10.2 Å². The summed E-state index contributed by atoms with van der Waals surface area (Å²) in [5.41, 5.74) is 16.2. The third-order valence-corrected chi connectivity index (χ3v) is 7.04. The van der Waals surface area contributed by atoms with Crippen LogP contribution in [0.1, 0.15) is 35.6 Å². The first kappa shape index (κ1) is 29.8. The molecule has 1 aliphatic rings. The van der Waals surface area contributed by atoms with Gasteiger partial charge < -0.3 is 14.6 Å². The fourth-order valence-corrected chi connectivity index (χ4v) is 4.73. The minimum Gasteiger partial charge on any atom is -0.494 e. The van der Waals surface area contributed by atoms with Gasteiger partial charge in [0.25, 0.3) is 5.91 Å². The third-order valence-electron chi connectivity index (χ3n) is 6.51. The number of aliphatic imine (C=N–C) groups is 1. The van der Waals surface area contributed by atoms with Crippen LogP contribution >= 0.6 is 15.9 Å². The molecule has 11 heteroatoms. The fraction of sp³-hybridized carbons (Fsp3) is 0.267. The maximum absolute atomic E-state index is 13.9. The lowest BCUT2D eigenvalue weighted by molar-refractivity contribution is -0.129. The van der Waals surface area contributed by atoms with Crippen LogP contribution in [0.25, 0.3) is 10.4 Å². The summed E-state index contributed by atoms with van der Waals surface area (Å²) >= 11 is 3.44. The Morgan fingerprint density at radius 2 is 1.95 bits per heavy atom. The minimum absolute atomic E-state index is 0.0496. The van der Waals surface area contributed by atoms with Crippen molar-refractivity contribution in [3.8, 4) is 5.75 Å². The molecule has 41 heavy (non-hydrogen) atoms. The Balaban J connectivity index is 1.62. The van der Waals surface area contributed by atoms with Crippen LogP contribution in [-0.4, -0.2) is 42.2 Å². The molecule has 3 aromatic carbocycles. The number of carbonyl (C=O) groups is 1. The predicted octanol–water partition coefficient (Wildman–Crippen LogP) is 5.85. The summed E-state index contributed by atoms with van der Waals surface area (Å²) in [6.07, 6.45) is 2.11. The molecule has 3 N–H and O–H groups in total. The molecule has 0 bridgehead atoms. The molecule has 212 valence electrons. The molecular weight excluding hydrogens is 588 g/mol. The lowest BCUT2D eigenvalue weighted by atomic mass is 9.84. The van der Waals surface area contributed by atoms with Crippen molar-refractivity contribution in [1.29, 1.82) is 0 Å². The van der Waals surface area contributed by atoms with Gasteiger partial charge in [-0.2, -0.15) is 0 Å². The van der Waals surface area contributed by atoms with Crippen LogP contribution in [0, 0.1) is 0 Å². The lowest BCUT2D eigenvalue weighted by Gasteiger charge is -2.30. The quantitative estimate of drug-likeness (QED) is 0.0519. The summed E-state index contributed by atoms with van der Waals surface area (Å²) in [6, 6.07) is 22.1. The highest BCUT2D eigenvalue weighted by atomic mass is 79.9. The van der Waals surface area contributed by atoms with Crippen molar-refractivity contribution < 1.29 is 19.4 Å². The molecule has 0 saturated heterocycles. The van der Waals surface area contributed by atoms with Crippen molar-refractivity contribution in [2.45, 2.75) is 30.9 Å². The van der Waals surface area contributed by atoms with E-state index < -0.39 is 17.6 Å². The summed E-state index contributed by atoms with van der Waals surface area (Å²) in [5.74, 6) is 0.489. The maximum atomic E-state index is 13.9. The molecular formula is C30H31BrN6O4. The predicted molar refractivity (Wildman–Crippen MR) is 161 cm³/mol. The Bertz CT molecular complexity index is 1420. The molecule has 1 amide bonds. The first-order valence-corrected chi connectivity index (χ1v) is 13.9. The number of rotatable bonds is 14. The van der Waals surface area contributed by atoms with Gasteiger partial charge >= 0.3 is 0 Å². The molecule has 3 aromatic rings. The Morgan fingerprint density at radius 1 is 1.20 bits per heavy atom. The average molecular weight is 620 g/mol. The topological polar surface area (TPSA) is 141 Å². The largest absolute Gasteiger partial charge is 0.494 e. The summed E-state index contributed by atoms with van der Waals surface area (Å²) in [7, 11) is 0. The van der Waals surface area contributed by atoms with Gasteiger partial charge in [-0.15, -0.1) is 6.58 Å². The van der Waals surface area contributed by atoms with E-state index in [9.17, 15) is 10.3 Å². The van der Waals surface area contributed by atoms with E-state index in [-0.39, 0.29) is 18.9 Å². The second kappa shape index (κ2) is 14.5. The van der Waals surface area contributed by atoms with E-state index in [0.717, 1.165) is 10.0 Å². The molecule has 0 aromatic heterocycles. The minimum atomic E-state index is -1.43. The van der Waals surface area contributed by atoms with E-state index in [4.69, 9.17) is 19.6 Å². The molecule has 0 aliphatic carbocycles. The Kier molecular flexibility index (Phi) is 10.5. The monoisotopic (exact) mass is 618 g/mol. The van der Waals surface area contributed by atoms with E-state index in [1.54, 1.807) is 54.6 Å². The number of hydrogen-bond acceptors (Lipinski definition) is 7. The van der Waals surface area contributed by atoms with Gasteiger partial charge in [-0.1, -0.05) is 63.5 Å². The normalized spacial score (nSPS) is 17.6. The Labute approximate surface area is 246 Å². The molecule has 0 saturated carbocycles. The fourth-order valence-electron chi connectivity index (χ4n) is 4.47. The maximum Gasteiger partial charge on any atom is 0.266 e. The number of halogens is 1. The van der Waals surface area contributed by atoms with Crippen LogP contribution in [0.4, 0.5) is 5.69 Å². The number of nitrogens with one attached hydrogen (secondary N) is 2. The summed E-state index contributed by atoms with van der Waals surface area (Å²) in [4.78, 5) is 21.7. The number of azide groups is 1.